The summed E-state index contributed by atoms with van der Waals surface area (Å²) in [6.07, 6.45) is 0.629. The van der Waals surface area contributed by atoms with Crippen LogP contribution in [-0.4, -0.2) is 35.9 Å². The predicted octanol–water partition coefficient (Wildman–Crippen LogP) is 3.03. The number of phenolic OH excluding ortho intramolecular Hbond substituents is 1. The second-order valence-electron chi connectivity index (χ2n) is 6.59. The molecule has 7 nitrogen and oxygen atoms in total. The van der Waals surface area contributed by atoms with Crippen molar-refractivity contribution in [1.82, 2.24) is 5.32 Å². The fraction of sp³-hybridized carbons (Fsp3) is 0.318. The van der Waals surface area contributed by atoms with Crippen molar-refractivity contribution in [2.75, 3.05) is 7.11 Å². The molecule has 0 bridgehead atoms. The van der Waals surface area contributed by atoms with Gasteiger partial charge in [-0.25, -0.2) is 4.79 Å². The summed E-state index contributed by atoms with van der Waals surface area (Å²) in [7, 11) is 1.26. The molecule has 1 amide bonds. The zero-order valence-electron chi connectivity index (χ0n) is 16.9. The number of methoxy groups -OCH3 is 1. The van der Waals surface area contributed by atoms with Gasteiger partial charge in [-0.1, -0.05) is 19.1 Å². The van der Waals surface area contributed by atoms with E-state index in [1.807, 2.05) is 6.92 Å². The van der Waals surface area contributed by atoms with Crippen molar-refractivity contribution in [3.63, 3.8) is 0 Å². The number of phenols is 1. The van der Waals surface area contributed by atoms with Gasteiger partial charge in [0.1, 0.15) is 24.1 Å². The van der Waals surface area contributed by atoms with Gasteiger partial charge in [0.05, 0.1) is 12.7 Å². The van der Waals surface area contributed by atoms with Gasteiger partial charge in [0.15, 0.2) is 5.78 Å². The molecule has 0 spiro atoms. The molecule has 2 aromatic carbocycles. The van der Waals surface area contributed by atoms with Crippen LogP contribution in [0, 0.1) is 0 Å². The maximum atomic E-state index is 12.3. The van der Waals surface area contributed by atoms with Crippen LogP contribution in [0.3, 0.4) is 0 Å². The Bertz CT molecular complexity index is 922. The highest BCUT2D eigenvalue weighted by Crippen LogP contribution is 2.30. The monoisotopic (exact) mass is 399 g/mol. The molecule has 0 heterocycles. The summed E-state index contributed by atoms with van der Waals surface area (Å²) in [6.45, 7) is 5.03. The molecule has 0 fully saturated rings. The number of carbonyl (C=O) groups is 3. The third-order valence-electron chi connectivity index (χ3n) is 4.42. The summed E-state index contributed by atoms with van der Waals surface area (Å²) in [5.41, 5.74) is 2.18. The van der Waals surface area contributed by atoms with Crippen LogP contribution in [0.4, 0.5) is 0 Å². The van der Waals surface area contributed by atoms with E-state index in [2.05, 4.69) is 10.1 Å². The van der Waals surface area contributed by atoms with Crippen LogP contribution in [0.5, 0.6) is 11.5 Å². The first-order valence-electron chi connectivity index (χ1n) is 9.24. The first-order valence-corrected chi connectivity index (χ1v) is 9.24. The number of nitrogens with one attached hydrogen (secondary N) is 1. The Balaban J connectivity index is 2.13. The standard InChI is InChI=1S/C22H25NO6/c1-5-16-10-18(14(3)24)19(25)11-20(16)29-12-15-7-6-8-17(9-15)21(26)23-13(2)22(27)28-4/h6-11,13,25H,5,12H2,1-4H3,(H,23,26). The molecule has 0 aliphatic heterocycles. The number of ketones is 1. The first-order chi connectivity index (χ1) is 13.8. The predicted molar refractivity (Wildman–Crippen MR) is 107 cm³/mol. The lowest BCUT2D eigenvalue weighted by molar-refractivity contribution is -0.142. The van der Waals surface area contributed by atoms with Crippen molar-refractivity contribution in [2.24, 2.45) is 0 Å². The number of rotatable bonds is 8. The van der Waals surface area contributed by atoms with Gasteiger partial charge in [-0.05, 0) is 49.6 Å². The molecule has 29 heavy (non-hydrogen) atoms. The molecule has 0 aromatic heterocycles. The highest BCUT2D eigenvalue weighted by molar-refractivity contribution is 5.97. The number of Topliss-reactive ketones (excluding diaryl/α,β-unsaturated/α-hetero) is 1. The molecule has 0 saturated heterocycles. The van der Waals surface area contributed by atoms with Crippen LogP contribution in [0.25, 0.3) is 0 Å². The lowest BCUT2D eigenvalue weighted by atomic mass is 10.0. The quantitative estimate of drug-likeness (QED) is 0.523. The first kappa shape index (κ1) is 21.9. The molecular weight excluding hydrogens is 374 g/mol. The summed E-state index contributed by atoms with van der Waals surface area (Å²) >= 11 is 0. The van der Waals surface area contributed by atoms with Crippen LogP contribution >= 0.6 is 0 Å². The third kappa shape index (κ3) is 5.57. The minimum atomic E-state index is -0.762. The molecule has 0 aliphatic carbocycles. The summed E-state index contributed by atoms with van der Waals surface area (Å²) in [5.74, 6) is -0.802. The molecule has 1 unspecified atom stereocenters. The number of aromatic hydroxyl groups is 1. The Morgan fingerprint density at radius 1 is 1.17 bits per heavy atom. The third-order valence-corrected chi connectivity index (χ3v) is 4.42. The van der Waals surface area contributed by atoms with Gasteiger partial charge in [0.2, 0.25) is 0 Å². The lowest BCUT2D eigenvalue weighted by Gasteiger charge is -2.14. The van der Waals surface area contributed by atoms with E-state index in [0.717, 1.165) is 11.1 Å². The fourth-order valence-corrected chi connectivity index (χ4v) is 2.79. The molecule has 2 aromatic rings. The maximum Gasteiger partial charge on any atom is 0.328 e. The summed E-state index contributed by atoms with van der Waals surface area (Å²) in [4.78, 5) is 35.4. The largest absolute Gasteiger partial charge is 0.507 e. The average molecular weight is 399 g/mol. The molecule has 0 saturated carbocycles. The van der Waals surface area contributed by atoms with E-state index >= 15 is 0 Å². The van der Waals surface area contributed by atoms with Crippen LogP contribution < -0.4 is 10.1 Å². The Hall–Kier alpha value is -3.35. The molecular formula is C22H25NO6. The highest BCUT2D eigenvalue weighted by Gasteiger charge is 2.17. The minimum Gasteiger partial charge on any atom is -0.507 e. The second kappa shape index (κ2) is 9.73. The Kier molecular flexibility index (Phi) is 7.36. The molecule has 2 rings (SSSR count). The van der Waals surface area contributed by atoms with E-state index in [-0.39, 0.29) is 23.7 Å². The number of hydrogen-bond donors (Lipinski definition) is 2. The van der Waals surface area contributed by atoms with Crippen molar-refractivity contribution in [2.45, 2.75) is 39.8 Å². The van der Waals surface area contributed by atoms with E-state index in [1.165, 1.54) is 20.1 Å². The van der Waals surface area contributed by atoms with E-state index in [4.69, 9.17) is 4.74 Å². The number of esters is 1. The lowest BCUT2D eigenvalue weighted by Crippen LogP contribution is -2.39. The smallest absolute Gasteiger partial charge is 0.328 e. The van der Waals surface area contributed by atoms with Crippen LogP contribution in [0.1, 0.15) is 52.6 Å². The maximum absolute atomic E-state index is 12.3. The Morgan fingerprint density at radius 2 is 1.90 bits per heavy atom. The molecule has 2 N–H and O–H groups in total. The van der Waals surface area contributed by atoms with Crippen LogP contribution in [-0.2, 0) is 22.6 Å². The highest BCUT2D eigenvalue weighted by atomic mass is 16.5. The Labute approximate surface area is 169 Å². The molecule has 0 aliphatic rings. The van der Waals surface area contributed by atoms with Gasteiger partial charge < -0.3 is 19.9 Å². The van der Waals surface area contributed by atoms with Crippen LogP contribution in [0.2, 0.25) is 0 Å². The normalized spacial score (nSPS) is 11.4. The van der Waals surface area contributed by atoms with E-state index in [9.17, 15) is 19.5 Å². The van der Waals surface area contributed by atoms with Gasteiger partial charge in [0, 0.05) is 11.6 Å². The fourth-order valence-electron chi connectivity index (χ4n) is 2.79. The molecule has 0 radical (unpaired) electrons. The zero-order valence-corrected chi connectivity index (χ0v) is 16.9. The number of carbonyl (C=O) groups excluding carboxylic acids is 3. The van der Waals surface area contributed by atoms with Gasteiger partial charge in [-0.3, -0.25) is 9.59 Å². The van der Waals surface area contributed by atoms with Crippen molar-refractivity contribution in [3.05, 3.63) is 58.7 Å². The molecule has 1 atom stereocenters. The van der Waals surface area contributed by atoms with Gasteiger partial charge in [-0.15, -0.1) is 0 Å². The van der Waals surface area contributed by atoms with Gasteiger partial charge in [0.25, 0.3) is 5.91 Å². The Morgan fingerprint density at radius 3 is 2.52 bits per heavy atom. The molecule has 7 heteroatoms. The van der Waals surface area contributed by atoms with Crippen molar-refractivity contribution >= 4 is 17.7 Å². The van der Waals surface area contributed by atoms with Crippen LogP contribution in [0.15, 0.2) is 36.4 Å². The van der Waals surface area contributed by atoms with Gasteiger partial charge >= 0.3 is 5.97 Å². The zero-order chi connectivity index (χ0) is 21.6. The summed E-state index contributed by atoms with van der Waals surface area (Å²) in [6, 6.07) is 9.11. The number of hydrogen-bond acceptors (Lipinski definition) is 6. The SMILES string of the molecule is CCc1cc(C(C)=O)c(O)cc1OCc1cccc(C(=O)NC(C)C(=O)OC)c1. The summed E-state index contributed by atoms with van der Waals surface area (Å²) in [5, 5.41) is 12.6. The van der Waals surface area contributed by atoms with E-state index in [0.29, 0.717) is 17.7 Å². The van der Waals surface area contributed by atoms with Gasteiger partial charge in [-0.2, -0.15) is 0 Å². The van der Waals surface area contributed by atoms with Crippen molar-refractivity contribution in [3.8, 4) is 11.5 Å². The minimum absolute atomic E-state index is 0.130. The number of amides is 1. The number of aryl methyl sites for hydroxylation is 1. The van der Waals surface area contributed by atoms with E-state index < -0.39 is 17.9 Å². The topological polar surface area (TPSA) is 102 Å². The average Bonchev–Trinajstić information content (AvgIpc) is 2.71. The number of ether oxygens (including phenoxy) is 2. The summed E-state index contributed by atoms with van der Waals surface area (Å²) < 4.78 is 10.4. The second-order valence-corrected chi connectivity index (χ2v) is 6.59. The number of benzene rings is 2. The van der Waals surface area contributed by atoms with Crippen molar-refractivity contribution in [1.29, 1.82) is 0 Å². The molecule has 154 valence electrons. The van der Waals surface area contributed by atoms with Crippen molar-refractivity contribution < 1.29 is 29.0 Å². The van der Waals surface area contributed by atoms with E-state index in [1.54, 1.807) is 37.3 Å².